The van der Waals surface area contributed by atoms with Crippen LogP contribution in [0.4, 0.5) is 4.39 Å². The van der Waals surface area contributed by atoms with Crippen molar-refractivity contribution in [1.29, 1.82) is 0 Å². The molecular weight excluding hydrogens is 289 g/mol. The molecule has 2 nitrogen and oxygen atoms in total. The van der Waals surface area contributed by atoms with Gasteiger partial charge in [-0.3, -0.25) is 0 Å². The van der Waals surface area contributed by atoms with Gasteiger partial charge in [-0.05, 0) is 84.7 Å². The van der Waals surface area contributed by atoms with E-state index in [0.29, 0.717) is 5.89 Å². The van der Waals surface area contributed by atoms with Gasteiger partial charge in [0.05, 0.1) is 6.20 Å². The Morgan fingerprint density at radius 1 is 1.04 bits per heavy atom. The lowest BCUT2D eigenvalue weighted by Gasteiger charge is -2.16. The van der Waals surface area contributed by atoms with E-state index in [4.69, 9.17) is 4.42 Å². The number of halogens is 1. The lowest BCUT2D eigenvalue weighted by molar-refractivity contribution is 0.574. The second kappa shape index (κ2) is 5.34. The molecule has 1 heterocycles. The summed E-state index contributed by atoms with van der Waals surface area (Å²) in [4.78, 5) is 4.22. The number of oxazole rings is 1. The summed E-state index contributed by atoms with van der Waals surface area (Å²) in [5, 5.41) is 0. The minimum atomic E-state index is -0.0621. The SMILES string of the molecule is Cc1cc(-c2ncco2)cc(C)c1-c1ccc(F)c2c1CCC2. The highest BCUT2D eigenvalue weighted by molar-refractivity contribution is 5.78. The summed E-state index contributed by atoms with van der Waals surface area (Å²) in [6.45, 7) is 4.19. The first-order valence-electron chi connectivity index (χ1n) is 7.97. The number of benzene rings is 2. The van der Waals surface area contributed by atoms with Crippen molar-refractivity contribution in [1.82, 2.24) is 4.98 Å². The maximum absolute atomic E-state index is 14.0. The first kappa shape index (κ1) is 14.2. The largest absolute Gasteiger partial charge is 0.445 e. The van der Waals surface area contributed by atoms with Gasteiger partial charge in [-0.15, -0.1) is 0 Å². The van der Waals surface area contributed by atoms with Crippen molar-refractivity contribution in [2.45, 2.75) is 33.1 Å². The highest BCUT2D eigenvalue weighted by Gasteiger charge is 2.21. The third-order valence-corrected chi connectivity index (χ3v) is 4.71. The van der Waals surface area contributed by atoms with Gasteiger partial charge in [-0.1, -0.05) is 6.07 Å². The van der Waals surface area contributed by atoms with Gasteiger partial charge in [0.1, 0.15) is 12.1 Å². The molecular formula is C20H18FNO. The van der Waals surface area contributed by atoms with Crippen molar-refractivity contribution in [2.24, 2.45) is 0 Å². The molecule has 23 heavy (non-hydrogen) atoms. The van der Waals surface area contributed by atoms with E-state index >= 15 is 0 Å². The molecule has 4 rings (SSSR count). The highest BCUT2D eigenvalue weighted by Crippen LogP contribution is 2.38. The van der Waals surface area contributed by atoms with Crippen LogP contribution in [0.1, 0.15) is 28.7 Å². The van der Waals surface area contributed by atoms with Gasteiger partial charge in [-0.2, -0.15) is 0 Å². The number of aryl methyl sites for hydroxylation is 2. The average molecular weight is 307 g/mol. The molecule has 1 aliphatic carbocycles. The number of rotatable bonds is 2. The minimum absolute atomic E-state index is 0.0621. The van der Waals surface area contributed by atoms with Gasteiger partial charge in [0.15, 0.2) is 0 Å². The standard InChI is InChI=1S/C20H18FNO/c1-12-10-14(20-22-8-9-23-20)11-13(2)19(12)17-6-7-18(21)16-5-3-4-15(16)17/h6-11H,3-5H2,1-2H3. The molecule has 0 spiro atoms. The molecule has 0 fully saturated rings. The average Bonchev–Trinajstić information content (AvgIpc) is 3.20. The molecule has 0 amide bonds. The molecule has 116 valence electrons. The fourth-order valence-electron chi connectivity index (χ4n) is 3.77. The Morgan fingerprint density at radius 3 is 2.48 bits per heavy atom. The fraction of sp³-hybridized carbons (Fsp3) is 0.250. The number of nitrogens with zero attached hydrogens (tertiary/aromatic N) is 1. The fourth-order valence-corrected chi connectivity index (χ4v) is 3.77. The van der Waals surface area contributed by atoms with Crippen molar-refractivity contribution in [2.75, 3.05) is 0 Å². The van der Waals surface area contributed by atoms with Crippen molar-refractivity contribution in [3.63, 3.8) is 0 Å². The van der Waals surface area contributed by atoms with Crippen molar-refractivity contribution in [3.8, 4) is 22.6 Å². The topological polar surface area (TPSA) is 26.0 Å². The van der Waals surface area contributed by atoms with E-state index in [1.165, 1.54) is 27.8 Å². The van der Waals surface area contributed by atoms with Gasteiger partial charge < -0.3 is 4.42 Å². The van der Waals surface area contributed by atoms with Crippen LogP contribution >= 0.6 is 0 Å². The van der Waals surface area contributed by atoms with E-state index in [-0.39, 0.29) is 5.82 Å². The van der Waals surface area contributed by atoms with E-state index in [9.17, 15) is 4.39 Å². The molecule has 1 aromatic heterocycles. The zero-order valence-corrected chi connectivity index (χ0v) is 13.3. The Bertz CT molecular complexity index is 858. The summed E-state index contributed by atoms with van der Waals surface area (Å²) in [7, 11) is 0. The molecule has 0 saturated heterocycles. The second-order valence-electron chi connectivity index (χ2n) is 6.23. The Morgan fingerprint density at radius 2 is 1.78 bits per heavy atom. The van der Waals surface area contributed by atoms with Gasteiger partial charge in [0, 0.05) is 5.56 Å². The minimum Gasteiger partial charge on any atom is -0.445 e. The van der Waals surface area contributed by atoms with Crippen LogP contribution in [0, 0.1) is 19.7 Å². The molecule has 3 aromatic rings. The Balaban J connectivity index is 1.90. The van der Waals surface area contributed by atoms with Crippen LogP contribution in [-0.2, 0) is 12.8 Å². The monoisotopic (exact) mass is 307 g/mol. The maximum Gasteiger partial charge on any atom is 0.225 e. The van der Waals surface area contributed by atoms with E-state index < -0.39 is 0 Å². The van der Waals surface area contributed by atoms with E-state index in [1.807, 2.05) is 6.07 Å². The molecule has 0 aliphatic heterocycles. The Labute approximate surface area is 135 Å². The van der Waals surface area contributed by atoms with Gasteiger partial charge >= 0.3 is 0 Å². The van der Waals surface area contributed by atoms with E-state index in [1.54, 1.807) is 18.5 Å². The third-order valence-electron chi connectivity index (χ3n) is 4.71. The Kier molecular flexibility index (Phi) is 3.29. The summed E-state index contributed by atoms with van der Waals surface area (Å²) in [5.74, 6) is 0.569. The quantitative estimate of drug-likeness (QED) is 0.646. The summed E-state index contributed by atoms with van der Waals surface area (Å²) in [6, 6.07) is 7.73. The first-order valence-corrected chi connectivity index (χ1v) is 7.97. The lowest BCUT2D eigenvalue weighted by Crippen LogP contribution is -1.97. The van der Waals surface area contributed by atoms with Gasteiger partial charge in [0.25, 0.3) is 0 Å². The van der Waals surface area contributed by atoms with Crippen LogP contribution in [0.2, 0.25) is 0 Å². The van der Waals surface area contributed by atoms with Crippen molar-refractivity contribution >= 4 is 0 Å². The summed E-state index contributed by atoms with van der Waals surface area (Å²) < 4.78 is 19.4. The van der Waals surface area contributed by atoms with Crippen LogP contribution in [-0.4, -0.2) is 4.98 Å². The summed E-state index contributed by atoms with van der Waals surface area (Å²) >= 11 is 0. The lowest BCUT2D eigenvalue weighted by atomic mass is 9.89. The van der Waals surface area contributed by atoms with Crippen LogP contribution in [0.3, 0.4) is 0 Å². The molecule has 3 heteroatoms. The molecule has 1 aliphatic rings. The van der Waals surface area contributed by atoms with Crippen LogP contribution in [0.25, 0.3) is 22.6 Å². The van der Waals surface area contributed by atoms with Crippen LogP contribution < -0.4 is 0 Å². The molecule has 0 unspecified atom stereocenters. The highest BCUT2D eigenvalue weighted by atomic mass is 19.1. The maximum atomic E-state index is 14.0. The predicted molar refractivity (Wildman–Crippen MR) is 88.8 cm³/mol. The summed E-state index contributed by atoms with van der Waals surface area (Å²) in [5.41, 5.74) is 7.77. The second-order valence-corrected chi connectivity index (χ2v) is 6.23. The van der Waals surface area contributed by atoms with Crippen molar-refractivity contribution in [3.05, 3.63) is 64.8 Å². The van der Waals surface area contributed by atoms with Crippen LogP contribution in [0.5, 0.6) is 0 Å². The predicted octanol–water partition coefficient (Wildman–Crippen LogP) is 5.25. The van der Waals surface area contributed by atoms with Gasteiger partial charge in [0.2, 0.25) is 5.89 Å². The Hall–Kier alpha value is -2.42. The molecule has 0 atom stereocenters. The van der Waals surface area contributed by atoms with Crippen molar-refractivity contribution < 1.29 is 8.81 Å². The van der Waals surface area contributed by atoms with E-state index in [0.717, 1.165) is 30.4 Å². The number of hydrogen-bond acceptors (Lipinski definition) is 2. The summed E-state index contributed by atoms with van der Waals surface area (Å²) in [6.07, 6.45) is 6.08. The molecule has 0 saturated carbocycles. The van der Waals surface area contributed by atoms with E-state index in [2.05, 4.69) is 31.0 Å². The normalized spacial score (nSPS) is 13.3. The van der Waals surface area contributed by atoms with Gasteiger partial charge in [-0.25, -0.2) is 9.37 Å². The number of hydrogen-bond donors (Lipinski definition) is 0. The molecule has 0 bridgehead atoms. The third kappa shape index (κ3) is 2.27. The molecule has 0 radical (unpaired) electrons. The number of aromatic nitrogens is 1. The molecule has 0 N–H and O–H groups in total. The first-order chi connectivity index (χ1) is 11.1. The smallest absolute Gasteiger partial charge is 0.225 e. The number of fused-ring (bicyclic) bond motifs is 1. The zero-order valence-electron chi connectivity index (χ0n) is 13.3. The molecule has 2 aromatic carbocycles. The van der Waals surface area contributed by atoms with Crippen LogP contribution in [0.15, 0.2) is 41.1 Å². The zero-order chi connectivity index (χ0) is 16.0.